The highest BCUT2D eigenvalue weighted by atomic mass is 16.3. The SMILES string of the molecule is C/C=C\C(=C\N(C)CO)CCC. The Labute approximate surface area is 75.2 Å². The number of hydrogen-bond acceptors (Lipinski definition) is 2. The van der Waals surface area contributed by atoms with Gasteiger partial charge in [-0.25, -0.2) is 0 Å². The molecule has 0 saturated carbocycles. The number of aliphatic hydroxyl groups excluding tert-OH is 1. The van der Waals surface area contributed by atoms with Crippen molar-refractivity contribution < 1.29 is 5.11 Å². The molecule has 0 aromatic carbocycles. The van der Waals surface area contributed by atoms with E-state index in [2.05, 4.69) is 13.0 Å². The van der Waals surface area contributed by atoms with Crippen molar-refractivity contribution in [3.05, 3.63) is 23.9 Å². The Kier molecular flexibility index (Phi) is 6.48. The van der Waals surface area contributed by atoms with Crippen LogP contribution in [0.25, 0.3) is 0 Å². The summed E-state index contributed by atoms with van der Waals surface area (Å²) in [5.41, 5.74) is 1.26. The highest BCUT2D eigenvalue weighted by Crippen LogP contribution is 2.07. The summed E-state index contributed by atoms with van der Waals surface area (Å²) < 4.78 is 0. The summed E-state index contributed by atoms with van der Waals surface area (Å²) in [6, 6.07) is 0. The molecule has 0 amide bonds. The summed E-state index contributed by atoms with van der Waals surface area (Å²) in [6.45, 7) is 4.23. The van der Waals surface area contributed by atoms with E-state index in [0.717, 1.165) is 12.8 Å². The molecule has 0 radical (unpaired) electrons. The lowest BCUT2D eigenvalue weighted by Crippen LogP contribution is -2.11. The van der Waals surface area contributed by atoms with Crippen LogP contribution >= 0.6 is 0 Å². The van der Waals surface area contributed by atoms with Gasteiger partial charge < -0.3 is 10.0 Å². The van der Waals surface area contributed by atoms with E-state index < -0.39 is 0 Å². The van der Waals surface area contributed by atoms with Crippen LogP contribution in [-0.4, -0.2) is 23.8 Å². The smallest absolute Gasteiger partial charge is 0.115 e. The average Bonchev–Trinajstić information content (AvgIpc) is 2.05. The van der Waals surface area contributed by atoms with Crippen LogP contribution in [0.5, 0.6) is 0 Å². The Morgan fingerprint density at radius 3 is 2.58 bits per heavy atom. The van der Waals surface area contributed by atoms with Gasteiger partial charge in [-0.15, -0.1) is 0 Å². The van der Waals surface area contributed by atoms with Gasteiger partial charge >= 0.3 is 0 Å². The van der Waals surface area contributed by atoms with Crippen molar-refractivity contribution in [3.63, 3.8) is 0 Å². The minimum absolute atomic E-state index is 0.0742. The summed E-state index contributed by atoms with van der Waals surface area (Å²) >= 11 is 0. The van der Waals surface area contributed by atoms with Crippen molar-refractivity contribution in [2.75, 3.05) is 13.8 Å². The van der Waals surface area contributed by atoms with Crippen LogP contribution in [0.3, 0.4) is 0 Å². The van der Waals surface area contributed by atoms with Crippen molar-refractivity contribution in [2.24, 2.45) is 0 Å². The van der Waals surface area contributed by atoms with Gasteiger partial charge in [-0.2, -0.15) is 0 Å². The molecule has 0 aliphatic carbocycles. The maximum Gasteiger partial charge on any atom is 0.115 e. The van der Waals surface area contributed by atoms with Crippen molar-refractivity contribution >= 4 is 0 Å². The number of aliphatic hydroxyl groups is 1. The van der Waals surface area contributed by atoms with Gasteiger partial charge in [0, 0.05) is 13.2 Å². The van der Waals surface area contributed by atoms with Crippen molar-refractivity contribution in [1.29, 1.82) is 0 Å². The summed E-state index contributed by atoms with van der Waals surface area (Å²) in [7, 11) is 1.86. The molecule has 0 spiro atoms. The van der Waals surface area contributed by atoms with E-state index in [1.165, 1.54) is 5.57 Å². The highest BCUT2D eigenvalue weighted by Gasteiger charge is 1.92. The lowest BCUT2D eigenvalue weighted by atomic mass is 10.1. The van der Waals surface area contributed by atoms with Gasteiger partial charge in [-0.3, -0.25) is 0 Å². The molecule has 2 heteroatoms. The maximum atomic E-state index is 8.78. The Hall–Kier alpha value is -0.760. The summed E-state index contributed by atoms with van der Waals surface area (Å²) in [4.78, 5) is 1.77. The predicted molar refractivity (Wildman–Crippen MR) is 52.7 cm³/mol. The molecule has 0 aromatic heterocycles. The van der Waals surface area contributed by atoms with Crippen LogP contribution in [-0.2, 0) is 0 Å². The van der Waals surface area contributed by atoms with E-state index in [1.807, 2.05) is 26.2 Å². The third-order valence-corrected chi connectivity index (χ3v) is 1.53. The van der Waals surface area contributed by atoms with Gasteiger partial charge in [0.05, 0.1) is 0 Å². The van der Waals surface area contributed by atoms with Gasteiger partial charge in [0.1, 0.15) is 6.73 Å². The molecule has 0 fully saturated rings. The zero-order valence-corrected chi connectivity index (χ0v) is 8.25. The molecule has 0 unspecified atom stereocenters. The van der Waals surface area contributed by atoms with Crippen LogP contribution in [0.2, 0.25) is 0 Å². The van der Waals surface area contributed by atoms with Crippen LogP contribution in [0.1, 0.15) is 26.7 Å². The molecular formula is C10H19NO. The molecule has 70 valence electrons. The van der Waals surface area contributed by atoms with Crippen molar-refractivity contribution in [1.82, 2.24) is 4.90 Å². The van der Waals surface area contributed by atoms with Crippen LogP contribution in [0, 0.1) is 0 Å². The van der Waals surface area contributed by atoms with Gasteiger partial charge in [0.25, 0.3) is 0 Å². The van der Waals surface area contributed by atoms with Gasteiger partial charge in [-0.1, -0.05) is 25.5 Å². The lowest BCUT2D eigenvalue weighted by molar-refractivity contribution is 0.174. The van der Waals surface area contributed by atoms with E-state index in [9.17, 15) is 0 Å². The van der Waals surface area contributed by atoms with Gasteiger partial charge in [0.15, 0.2) is 0 Å². The van der Waals surface area contributed by atoms with Crippen LogP contribution < -0.4 is 0 Å². The number of hydrogen-bond donors (Lipinski definition) is 1. The fourth-order valence-corrected chi connectivity index (χ4v) is 1.02. The van der Waals surface area contributed by atoms with Gasteiger partial charge in [0.2, 0.25) is 0 Å². The maximum absolute atomic E-state index is 8.78. The molecule has 0 aliphatic heterocycles. The van der Waals surface area contributed by atoms with Crippen LogP contribution in [0.4, 0.5) is 0 Å². The molecular weight excluding hydrogens is 150 g/mol. The topological polar surface area (TPSA) is 23.5 Å². The predicted octanol–water partition coefficient (Wildman–Crippen LogP) is 2.13. The zero-order valence-electron chi connectivity index (χ0n) is 8.25. The summed E-state index contributed by atoms with van der Waals surface area (Å²) in [5.74, 6) is 0. The Bertz CT molecular complexity index is 161. The molecule has 1 N–H and O–H groups in total. The second-order valence-corrected chi connectivity index (χ2v) is 2.85. The fraction of sp³-hybridized carbons (Fsp3) is 0.600. The van der Waals surface area contributed by atoms with E-state index >= 15 is 0 Å². The molecule has 0 heterocycles. The first-order valence-electron chi connectivity index (χ1n) is 4.39. The minimum Gasteiger partial charge on any atom is -0.376 e. The van der Waals surface area contributed by atoms with E-state index in [-0.39, 0.29) is 6.73 Å². The number of nitrogens with zero attached hydrogens (tertiary/aromatic N) is 1. The Morgan fingerprint density at radius 1 is 1.50 bits per heavy atom. The zero-order chi connectivity index (χ0) is 9.40. The quantitative estimate of drug-likeness (QED) is 0.503. The summed E-state index contributed by atoms with van der Waals surface area (Å²) in [6.07, 6.45) is 8.27. The van der Waals surface area contributed by atoms with Crippen molar-refractivity contribution in [3.8, 4) is 0 Å². The largest absolute Gasteiger partial charge is 0.376 e. The lowest BCUT2D eigenvalue weighted by Gasteiger charge is -2.11. The molecule has 0 aliphatic rings. The highest BCUT2D eigenvalue weighted by molar-refractivity contribution is 5.17. The first-order valence-corrected chi connectivity index (χ1v) is 4.39. The molecule has 0 atom stereocenters. The monoisotopic (exact) mass is 169 g/mol. The first kappa shape index (κ1) is 11.2. The second-order valence-electron chi connectivity index (χ2n) is 2.85. The van der Waals surface area contributed by atoms with Gasteiger partial charge in [-0.05, 0) is 18.9 Å². The number of allylic oxidation sites excluding steroid dienone is 3. The molecule has 0 aromatic rings. The average molecular weight is 169 g/mol. The molecule has 2 nitrogen and oxygen atoms in total. The normalized spacial score (nSPS) is 12.5. The van der Waals surface area contributed by atoms with Crippen LogP contribution in [0.15, 0.2) is 23.9 Å². The van der Waals surface area contributed by atoms with Crippen molar-refractivity contribution in [2.45, 2.75) is 26.7 Å². The standard InChI is InChI=1S/C10H19NO/c1-4-6-10(7-5-2)8-11(3)9-12/h4,6,8,12H,5,7,9H2,1-3H3/b6-4-,10-8-. The van der Waals surface area contributed by atoms with E-state index in [0.29, 0.717) is 0 Å². The molecule has 12 heavy (non-hydrogen) atoms. The van der Waals surface area contributed by atoms with E-state index in [4.69, 9.17) is 5.11 Å². The third kappa shape index (κ3) is 4.97. The van der Waals surface area contributed by atoms with E-state index in [1.54, 1.807) is 4.90 Å². The fourth-order valence-electron chi connectivity index (χ4n) is 1.02. The first-order chi connectivity index (χ1) is 5.74. The molecule has 0 rings (SSSR count). The third-order valence-electron chi connectivity index (χ3n) is 1.53. The number of rotatable bonds is 5. The Balaban J connectivity index is 4.16. The molecule has 0 saturated heterocycles. The minimum atomic E-state index is 0.0742. The second kappa shape index (κ2) is 6.92. The molecule has 0 bridgehead atoms. The summed E-state index contributed by atoms with van der Waals surface area (Å²) in [5, 5.41) is 8.78. The Morgan fingerprint density at radius 2 is 2.17 bits per heavy atom.